The van der Waals surface area contributed by atoms with Gasteiger partial charge in [-0.2, -0.15) is 0 Å². The Hall–Kier alpha value is -3.07. The number of hydrogen-bond donors (Lipinski definition) is 0. The highest BCUT2D eigenvalue weighted by Crippen LogP contribution is 2.27. The van der Waals surface area contributed by atoms with Crippen LogP contribution in [0.3, 0.4) is 0 Å². The summed E-state index contributed by atoms with van der Waals surface area (Å²) in [5.74, 6) is 1.44. The summed E-state index contributed by atoms with van der Waals surface area (Å²) in [6.07, 6.45) is 2.48. The summed E-state index contributed by atoms with van der Waals surface area (Å²) in [5, 5.41) is 0. The summed E-state index contributed by atoms with van der Waals surface area (Å²) in [6, 6.07) is 5.93. The number of hydrogen-bond acceptors (Lipinski definition) is 6. The summed E-state index contributed by atoms with van der Waals surface area (Å²) in [7, 11) is 8.39. The largest absolute Gasteiger partial charge is 0.493 e. The highest BCUT2D eigenvalue weighted by molar-refractivity contribution is 5.69. The normalized spacial score (nSPS) is 11.4. The van der Waals surface area contributed by atoms with E-state index in [4.69, 9.17) is 9.47 Å². The third-order valence-corrected chi connectivity index (χ3v) is 5.17. The zero-order chi connectivity index (χ0) is 21.1. The minimum Gasteiger partial charge on any atom is -0.493 e. The lowest BCUT2D eigenvalue weighted by Gasteiger charge is -2.17. The molecule has 0 aliphatic rings. The number of fused-ring (bicyclic) bond motifs is 1. The van der Waals surface area contributed by atoms with Crippen molar-refractivity contribution in [1.82, 2.24) is 23.6 Å². The van der Waals surface area contributed by atoms with Gasteiger partial charge >= 0.3 is 5.69 Å². The van der Waals surface area contributed by atoms with Crippen molar-refractivity contribution in [3.8, 4) is 11.5 Å². The van der Waals surface area contributed by atoms with Crippen LogP contribution in [-0.2, 0) is 27.1 Å². The van der Waals surface area contributed by atoms with Crippen LogP contribution < -0.4 is 20.7 Å². The van der Waals surface area contributed by atoms with E-state index in [2.05, 4.69) is 9.88 Å². The zero-order valence-electron chi connectivity index (χ0n) is 17.5. The molecular formula is C20H27N5O4. The van der Waals surface area contributed by atoms with Gasteiger partial charge in [-0.3, -0.25) is 13.9 Å². The van der Waals surface area contributed by atoms with Crippen LogP contribution in [0.25, 0.3) is 11.2 Å². The summed E-state index contributed by atoms with van der Waals surface area (Å²) in [5.41, 5.74) is 1.31. The summed E-state index contributed by atoms with van der Waals surface area (Å²) < 4.78 is 14.9. The number of imidazole rings is 1. The molecule has 0 bridgehead atoms. The van der Waals surface area contributed by atoms with Crippen LogP contribution in [-0.4, -0.2) is 57.9 Å². The number of rotatable bonds is 8. The van der Waals surface area contributed by atoms with Crippen molar-refractivity contribution in [3.05, 3.63) is 50.9 Å². The number of nitrogens with zero attached hydrogens (tertiary/aromatic N) is 5. The van der Waals surface area contributed by atoms with Gasteiger partial charge in [-0.15, -0.1) is 0 Å². The summed E-state index contributed by atoms with van der Waals surface area (Å²) in [6.45, 7) is 2.19. The number of likely N-dealkylation sites (N-methyl/N-ethyl adjacent to an activating group) is 1. The Morgan fingerprint density at radius 3 is 2.45 bits per heavy atom. The number of aromatic nitrogens is 4. The van der Waals surface area contributed by atoms with Gasteiger partial charge in [-0.05, 0) is 31.2 Å². The molecule has 0 saturated heterocycles. The van der Waals surface area contributed by atoms with E-state index in [9.17, 15) is 9.59 Å². The van der Waals surface area contributed by atoms with Crippen molar-refractivity contribution in [2.45, 2.75) is 13.0 Å². The fourth-order valence-electron chi connectivity index (χ4n) is 3.31. The molecule has 29 heavy (non-hydrogen) atoms. The minimum absolute atomic E-state index is 0.325. The first kappa shape index (κ1) is 20.7. The van der Waals surface area contributed by atoms with Crippen molar-refractivity contribution in [2.24, 2.45) is 14.1 Å². The van der Waals surface area contributed by atoms with E-state index < -0.39 is 0 Å². The molecule has 0 fully saturated rings. The molecule has 0 unspecified atom stereocenters. The van der Waals surface area contributed by atoms with Crippen LogP contribution in [0.15, 0.2) is 34.1 Å². The summed E-state index contributed by atoms with van der Waals surface area (Å²) >= 11 is 0. The molecule has 0 aliphatic carbocycles. The highest BCUT2D eigenvalue weighted by atomic mass is 16.5. The topological polar surface area (TPSA) is 83.5 Å². The van der Waals surface area contributed by atoms with E-state index in [1.165, 1.54) is 11.6 Å². The fraction of sp³-hybridized carbons (Fsp3) is 0.450. The van der Waals surface area contributed by atoms with Gasteiger partial charge in [0.2, 0.25) is 0 Å². The van der Waals surface area contributed by atoms with Crippen LogP contribution >= 0.6 is 0 Å². The van der Waals surface area contributed by atoms with E-state index in [1.54, 1.807) is 27.6 Å². The maximum absolute atomic E-state index is 12.5. The van der Waals surface area contributed by atoms with E-state index >= 15 is 0 Å². The first-order chi connectivity index (χ1) is 13.9. The Balaban J connectivity index is 1.67. The predicted molar refractivity (Wildman–Crippen MR) is 111 cm³/mol. The van der Waals surface area contributed by atoms with Crippen molar-refractivity contribution in [3.63, 3.8) is 0 Å². The van der Waals surface area contributed by atoms with Gasteiger partial charge in [0.25, 0.3) is 5.56 Å². The van der Waals surface area contributed by atoms with Crippen LogP contribution in [0.2, 0.25) is 0 Å². The third-order valence-electron chi connectivity index (χ3n) is 5.17. The fourth-order valence-corrected chi connectivity index (χ4v) is 3.31. The van der Waals surface area contributed by atoms with Crippen LogP contribution in [0, 0.1) is 0 Å². The van der Waals surface area contributed by atoms with E-state index in [0.717, 1.165) is 35.4 Å². The monoisotopic (exact) mass is 401 g/mol. The van der Waals surface area contributed by atoms with E-state index in [1.807, 2.05) is 29.8 Å². The second kappa shape index (κ2) is 8.52. The molecular weight excluding hydrogens is 374 g/mol. The van der Waals surface area contributed by atoms with Gasteiger partial charge in [0, 0.05) is 33.7 Å². The maximum Gasteiger partial charge on any atom is 0.332 e. The minimum atomic E-state index is -0.375. The van der Waals surface area contributed by atoms with Crippen molar-refractivity contribution in [1.29, 1.82) is 0 Å². The molecule has 0 radical (unpaired) electrons. The third kappa shape index (κ3) is 4.04. The lowest BCUT2D eigenvalue weighted by molar-refractivity contribution is 0.323. The molecule has 9 heteroatoms. The van der Waals surface area contributed by atoms with Crippen molar-refractivity contribution >= 4 is 11.2 Å². The average Bonchev–Trinajstić information content (AvgIpc) is 3.17. The molecule has 0 atom stereocenters. The molecule has 2 aromatic heterocycles. The Bertz CT molecular complexity index is 1130. The lowest BCUT2D eigenvalue weighted by atomic mass is 10.1. The Kier molecular flexibility index (Phi) is 6.07. The highest BCUT2D eigenvalue weighted by Gasteiger charge is 2.14. The summed E-state index contributed by atoms with van der Waals surface area (Å²) in [4.78, 5) is 31.0. The zero-order valence-corrected chi connectivity index (χ0v) is 17.5. The van der Waals surface area contributed by atoms with E-state index in [-0.39, 0.29) is 11.2 Å². The van der Waals surface area contributed by atoms with Gasteiger partial charge in [-0.1, -0.05) is 6.07 Å². The number of benzene rings is 1. The molecule has 3 aromatic rings. The first-order valence-electron chi connectivity index (χ1n) is 9.37. The molecule has 0 spiro atoms. The van der Waals surface area contributed by atoms with Gasteiger partial charge in [0.15, 0.2) is 22.7 Å². The molecule has 0 N–H and O–H groups in total. The predicted octanol–water partition coefficient (Wildman–Crippen LogP) is 0.625. The average molecular weight is 401 g/mol. The Labute approximate surface area is 168 Å². The molecule has 3 rings (SSSR count). The van der Waals surface area contributed by atoms with Crippen LogP contribution in [0.1, 0.15) is 5.56 Å². The standard InChI is InChI=1S/C20H27N5O4/c1-22(9-8-14-6-7-15(28-4)16(12-14)29-5)10-11-25-13-21-18-17(25)19(26)24(3)20(27)23(18)2/h6-7,12-13H,8-11H2,1-5H3. The maximum atomic E-state index is 12.5. The van der Waals surface area contributed by atoms with E-state index in [0.29, 0.717) is 23.5 Å². The number of aryl methyl sites for hydroxylation is 1. The number of methoxy groups -OCH3 is 2. The molecule has 156 valence electrons. The lowest BCUT2D eigenvalue weighted by Crippen LogP contribution is -2.37. The molecule has 0 saturated carbocycles. The van der Waals surface area contributed by atoms with Crippen molar-refractivity contribution in [2.75, 3.05) is 34.4 Å². The quantitative estimate of drug-likeness (QED) is 0.550. The van der Waals surface area contributed by atoms with Crippen LogP contribution in [0.5, 0.6) is 11.5 Å². The van der Waals surface area contributed by atoms with Crippen LogP contribution in [0.4, 0.5) is 0 Å². The van der Waals surface area contributed by atoms with Crippen molar-refractivity contribution < 1.29 is 9.47 Å². The molecule has 9 nitrogen and oxygen atoms in total. The van der Waals surface area contributed by atoms with Gasteiger partial charge in [-0.25, -0.2) is 9.78 Å². The molecule has 2 heterocycles. The second-order valence-electron chi connectivity index (χ2n) is 7.06. The molecule has 0 aliphatic heterocycles. The first-order valence-corrected chi connectivity index (χ1v) is 9.37. The Morgan fingerprint density at radius 2 is 1.76 bits per heavy atom. The second-order valence-corrected chi connectivity index (χ2v) is 7.06. The van der Waals surface area contributed by atoms with Gasteiger partial charge in [0.1, 0.15) is 0 Å². The van der Waals surface area contributed by atoms with Gasteiger partial charge < -0.3 is 18.9 Å². The number of ether oxygens (including phenoxy) is 2. The smallest absolute Gasteiger partial charge is 0.332 e. The SMILES string of the molecule is COc1ccc(CCN(C)CCn2cnc3c2c(=O)n(C)c(=O)n3C)cc1OC. The Morgan fingerprint density at radius 1 is 1.03 bits per heavy atom. The molecule has 0 amide bonds. The molecule has 1 aromatic carbocycles. The van der Waals surface area contributed by atoms with Gasteiger partial charge in [0.05, 0.1) is 20.5 Å².